The topological polar surface area (TPSA) is 67.8 Å². The summed E-state index contributed by atoms with van der Waals surface area (Å²) in [5, 5.41) is 2.87. The van der Waals surface area contributed by atoms with Crippen LogP contribution in [0, 0.1) is 12.3 Å². The van der Waals surface area contributed by atoms with Crippen LogP contribution in [0.2, 0.25) is 0 Å². The van der Waals surface area contributed by atoms with Gasteiger partial charge in [-0.05, 0) is 6.42 Å². The molecule has 1 rings (SSSR count). The van der Waals surface area contributed by atoms with Crippen molar-refractivity contribution < 1.29 is 0 Å². The lowest BCUT2D eigenvalue weighted by Crippen LogP contribution is -2.33. The van der Waals surface area contributed by atoms with Crippen LogP contribution in [-0.4, -0.2) is 20.5 Å². The molecule has 0 unspecified atom stereocenters. The molecule has 0 aromatic carbocycles. The van der Waals surface area contributed by atoms with Gasteiger partial charge in [0.1, 0.15) is 0 Å². The molecule has 0 saturated carbocycles. The SMILES string of the molecule is C#CCCCSc1nc(=O)c(=O)[nH]n1C. The fourth-order valence-electron chi connectivity index (χ4n) is 0.927. The molecule has 0 amide bonds. The molecular formula is C9H11N3O2S. The van der Waals surface area contributed by atoms with Gasteiger partial charge in [-0.3, -0.25) is 19.4 Å². The smallest absolute Gasteiger partial charge is 0.265 e. The van der Waals surface area contributed by atoms with Gasteiger partial charge in [0.15, 0.2) is 5.16 Å². The van der Waals surface area contributed by atoms with E-state index in [1.165, 1.54) is 16.4 Å². The molecule has 15 heavy (non-hydrogen) atoms. The molecule has 1 heterocycles. The van der Waals surface area contributed by atoms with E-state index in [-0.39, 0.29) is 0 Å². The monoisotopic (exact) mass is 225 g/mol. The van der Waals surface area contributed by atoms with Crippen molar-refractivity contribution in [1.82, 2.24) is 14.8 Å². The van der Waals surface area contributed by atoms with Crippen molar-refractivity contribution in [2.75, 3.05) is 5.75 Å². The lowest BCUT2D eigenvalue weighted by Gasteiger charge is -2.04. The van der Waals surface area contributed by atoms with Crippen LogP contribution < -0.4 is 11.1 Å². The highest BCUT2D eigenvalue weighted by atomic mass is 32.2. The summed E-state index contributed by atoms with van der Waals surface area (Å²) in [5.41, 5.74) is -1.46. The summed E-state index contributed by atoms with van der Waals surface area (Å²) in [6.45, 7) is 0. The van der Waals surface area contributed by atoms with Crippen LogP contribution in [0.4, 0.5) is 0 Å². The molecule has 1 aromatic rings. The Kier molecular flexibility index (Phi) is 4.18. The van der Waals surface area contributed by atoms with Gasteiger partial charge in [-0.25, -0.2) is 0 Å². The predicted molar refractivity (Wildman–Crippen MR) is 58.9 cm³/mol. The van der Waals surface area contributed by atoms with Crippen molar-refractivity contribution in [2.45, 2.75) is 18.0 Å². The van der Waals surface area contributed by atoms with Crippen molar-refractivity contribution in [3.8, 4) is 12.3 Å². The highest BCUT2D eigenvalue weighted by molar-refractivity contribution is 7.99. The van der Waals surface area contributed by atoms with Crippen LogP contribution in [0.5, 0.6) is 0 Å². The summed E-state index contributed by atoms with van der Waals surface area (Å²) < 4.78 is 1.43. The van der Waals surface area contributed by atoms with Crippen LogP contribution in [0.1, 0.15) is 12.8 Å². The maximum absolute atomic E-state index is 11.0. The highest BCUT2D eigenvalue weighted by Gasteiger charge is 2.03. The zero-order valence-corrected chi connectivity index (χ0v) is 9.13. The summed E-state index contributed by atoms with van der Waals surface area (Å²) in [6.07, 6.45) is 6.66. The van der Waals surface area contributed by atoms with E-state index in [9.17, 15) is 9.59 Å². The maximum atomic E-state index is 11.0. The molecule has 0 spiro atoms. The highest BCUT2D eigenvalue weighted by Crippen LogP contribution is 2.12. The minimum Gasteiger partial charge on any atom is -0.265 e. The third-order valence-electron chi connectivity index (χ3n) is 1.64. The van der Waals surface area contributed by atoms with Crippen LogP contribution in [0.25, 0.3) is 0 Å². The molecule has 0 atom stereocenters. The number of aryl methyl sites for hydroxylation is 1. The second-order valence-corrected chi connectivity index (χ2v) is 3.92. The Morgan fingerprint density at radius 3 is 3.00 bits per heavy atom. The first kappa shape index (κ1) is 11.6. The third kappa shape index (κ3) is 3.29. The molecule has 0 aliphatic rings. The fraction of sp³-hybridized carbons (Fsp3) is 0.444. The van der Waals surface area contributed by atoms with Gasteiger partial charge < -0.3 is 0 Å². The first-order valence-electron chi connectivity index (χ1n) is 4.38. The number of unbranched alkanes of at least 4 members (excludes halogenated alkanes) is 1. The van der Waals surface area contributed by atoms with Crippen molar-refractivity contribution in [3.05, 3.63) is 20.7 Å². The second-order valence-electron chi connectivity index (χ2n) is 2.86. The van der Waals surface area contributed by atoms with Crippen molar-refractivity contribution in [3.63, 3.8) is 0 Å². The van der Waals surface area contributed by atoms with E-state index in [4.69, 9.17) is 6.42 Å². The number of nitrogens with one attached hydrogen (secondary N) is 1. The van der Waals surface area contributed by atoms with Gasteiger partial charge in [-0.1, -0.05) is 11.8 Å². The molecule has 0 radical (unpaired) electrons. The number of aromatic nitrogens is 3. The van der Waals surface area contributed by atoms with Crippen molar-refractivity contribution >= 4 is 11.8 Å². The fourth-order valence-corrected chi connectivity index (χ4v) is 1.79. The van der Waals surface area contributed by atoms with Gasteiger partial charge >= 0.3 is 11.1 Å². The molecule has 1 aromatic heterocycles. The third-order valence-corrected chi connectivity index (χ3v) is 2.76. The number of hydrogen-bond acceptors (Lipinski definition) is 4. The van der Waals surface area contributed by atoms with E-state index in [1.54, 1.807) is 7.05 Å². The van der Waals surface area contributed by atoms with Gasteiger partial charge in [-0.2, -0.15) is 4.98 Å². The summed E-state index contributed by atoms with van der Waals surface area (Å²) in [4.78, 5) is 25.5. The predicted octanol–water partition coefficient (Wildman–Crippen LogP) is -0.0259. The molecule has 0 saturated heterocycles. The van der Waals surface area contributed by atoms with Crippen molar-refractivity contribution in [1.29, 1.82) is 0 Å². The Morgan fingerprint density at radius 1 is 1.60 bits per heavy atom. The molecule has 0 aliphatic heterocycles. The summed E-state index contributed by atoms with van der Waals surface area (Å²) in [7, 11) is 1.64. The molecule has 5 nitrogen and oxygen atoms in total. The lowest BCUT2D eigenvalue weighted by atomic mass is 10.4. The van der Waals surface area contributed by atoms with Gasteiger partial charge in [0.05, 0.1) is 0 Å². The van der Waals surface area contributed by atoms with Crippen LogP contribution in [0.15, 0.2) is 14.7 Å². The average Bonchev–Trinajstić information content (AvgIpc) is 2.20. The number of nitrogens with zero attached hydrogens (tertiary/aromatic N) is 2. The van der Waals surface area contributed by atoms with E-state index in [0.29, 0.717) is 11.6 Å². The minimum absolute atomic E-state index is 0.497. The van der Waals surface area contributed by atoms with E-state index >= 15 is 0 Å². The first-order chi connectivity index (χ1) is 7.15. The van der Waals surface area contributed by atoms with Crippen molar-refractivity contribution in [2.24, 2.45) is 7.05 Å². The molecular weight excluding hydrogens is 214 g/mol. The standard InChI is InChI=1S/C9H11N3O2S/c1-3-4-5-6-15-9-10-7(13)8(14)11-12(9)2/h1H,4-6H2,2H3,(H,11,14). The second kappa shape index (κ2) is 5.41. The number of hydrogen-bond donors (Lipinski definition) is 1. The van der Waals surface area contributed by atoms with E-state index in [0.717, 1.165) is 12.2 Å². The number of terminal acetylenes is 1. The minimum atomic E-state index is -0.757. The molecule has 1 N–H and O–H groups in total. The van der Waals surface area contributed by atoms with Gasteiger partial charge in [0, 0.05) is 19.2 Å². The Balaban J connectivity index is 2.70. The Hall–Kier alpha value is -1.48. The van der Waals surface area contributed by atoms with Crippen LogP contribution in [-0.2, 0) is 7.05 Å². The molecule has 0 aliphatic carbocycles. The Bertz CT molecular complexity index is 483. The maximum Gasteiger partial charge on any atom is 0.339 e. The summed E-state index contributed by atoms with van der Waals surface area (Å²) in [5.74, 6) is 3.30. The quantitative estimate of drug-likeness (QED) is 0.338. The largest absolute Gasteiger partial charge is 0.339 e. The Labute approximate surface area is 90.9 Å². The molecule has 0 fully saturated rings. The first-order valence-corrected chi connectivity index (χ1v) is 5.37. The van der Waals surface area contributed by atoms with Gasteiger partial charge in [0.2, 0.25) is 0 Å². The normalized spacial score (nSPS) is 9.87. The van der Waals surface area contributed by atoms with E-state index < -0.39 is 11.1 Å². The molecule has 0 bridgehead atoms. The number of aromatic amines is 1. The number of rotatable bonds is 4. The van der Waals surface area contributed by atoms with E-state index in [1.807, 2.05) is 0 Å². The summed E-state index contributed by atoms with van der Waals surface area (Å²) in [6, 6.07) is 0. The van der Waals surface area contributed by atoms with Gasteiger partial charge in [-0.15, -0.1) is 12.3 Å². The van der Waals surface area contributed by atoms with Gasteiger partial charge in [0.25, 0.3) is 0 Å². The lowest BCUT2D eigenvalue weighted by molar-refractivity contribution is 0.596. The summed E-state index contributed by atoms with van der Waals surface area (Å²) >= 11 is 1.40. The van der Waals surface area contributed by atoms with E-state index in [2.05, 4.69) is 16.0 Å². The molecule has 6 heteroatoms. The zero-order chi connectivity index (χ0) is 11.3. The zero-order valence-electron chi connectivity index (χ0n) is 8.32. The Morgan fingerprint density at radius 2 is 2.33 bits per heavy atom. The number of H-pyrrole nitrogens is 1. The van der Waals surface area contributed by atoms with Crippen LogP contribution >= 0.6 is 11.8 Å². The van der Waals surface area contributed by atoms with Crippen LogP contribution in [0.3, 0.4) is 0 Å². The average molecular weight is 225 g/mol. The number of thioether (sulfide) groups is 1. The molecule has 80 valence electrons.